The molecule has 1 aromatic carbocycles. The fourth-order valence-electron chi connectivity index (χ4n) is 2.03. The van der Waals surface area contributed by atoms with Crippen LogP contribution >= 0.6 is 11.8 Å². The summed E-state index contributed by atoms with van der Waals surface area (Å²) in [5.41, 5.74) is 6.84. The van der Waals surface area contributed by atoms with E-state index in [9.17, 15) is 0 Å². The fraction of sp³-hybridized carbons (Fsp3) is 0.467. The molecule has 5 nitrogen and oxygen atoms in total. The molecule has 2 N–H and O–H groups in total. The van der Waals surface area contributed by atoms with Gasteiger partial charge in [0.25, 0.3) is 0 Å². The second-order valence-corrected chi connectivity index (χ2v) is 5.78. The van der Waals surface area contributed by atoms with Crippen molar-refractivity contribution in [1.29, 1.82) is 0 Å². The predicted octanol–water partition coefficient (Wildman–Crippen LogP) is 2.63. The average Bonchev–Trinajstić information content (AvgIpc) is 2.88. The zero-order chi connectivity index (χ0) is 15.1. The molecular weight excluding hydrogens is 284 g/mol. The van der Waals surface area contributed by atoms with E-state index < -0.39 is 0 Å². The van der Waals surface area contributed by atoms with Crippen molar-refractivity contribution in [2.45, 2.75) is 38.5 Å². The first-order valence-electron chi connectivity index (χ1n) is 7.19. The zero-order valence-corrected chi connectivity index (χ0v) is 13.4. The molecular formula is C15H22N4OS. The molecule has 0 aliphatic heterocycles. The Morgan fingerprint density at radius 3 is 2.81 bits per heavy atom. The third-order valence-electron chi connectivity index (χ3n) is 3.09. The molecule has 0 unspecified atom stereocenters. The number of aryl methyl sites for hydroxylation is 1. The van der Waals surface area contributed by atoms with Crippen molar-refractivity contribution < 1.29 is 4.74 Å². The Morgan fingerprint density at radius 2 is 2.10 bits per heavy atom. The summed E-state index contributed by atoms with van der Waals surface area (Å²) < 4.78 is 7.88. The minimum absolute atomic E-state index is 0.424. The highest BCUT2D eigenvalue weighted by molar-refractivity contribution is 7.99. The van der Waals surface area contributed by atoms with E-state index in [1.54, 1.807) is 11.8 Å². The van der Waals surface area contributed by atoms with Gasteiger partial charge in [-0.1, -0.05) is 36.9 Å². The van der Waals surface area contributed by atoms with Crippen LogP contribution in [0.5, 0.6) is 5.75 Å². The fourth-order valence-corrected chi connectivity index (χ4v) is 2.83. The molecule has 0 amide bonds. The SMILES string of the molecule is CCCn1c(CN)nnc1SCCOc1ccccc1C. The Labute approximate surface area is 129 Å². The summed E-state index contributed by atoms with van der Waals surface area (Å²) in [5, 5.41) is 9.26. The monoisotopic (exact) mass is 306 g/mol. The van der Waals surface area contributed by atoms with Crippen LogP contribution in [0.1, 0.15) is 24.7 Å². The molecule has 0 saturated carbocycles. The molecule has 21 heavy (non-hydrogen) atoms. The van der Waals surface area contributed by atoms with Gasteiger partial charge < -0.3 is 15.0 Å². The molecule has 1 aromatic heterocycles. The Hall–Kier alpha value is -1.53. The molecule has 2 aromatic rings. The van der Waals surface area contributed by atoms with Crippen molar-refractivity contribution in [2.24, 2.45) is 5.73 Å². The molecule has 0 saturated heterocycles. The third-order valence-corrected chi connectivity index (χ3v) is 4.02. The lowest BCUT2D eigenvalue weighted by Crippen LogP contribution is -2.10. The lowest BCUT2D eigenvalue weighted by molar-refractivity contribution is 0.341. The maximum atomic E-state index is 5.79. The van der Waals surface area contributed by atoms with E-state index in [4.69, 9.17) is 10.5 Å². The molecule has 1 heterocycles. The van der Waals surface area contributed by atoms with Gasteiger partial charge in [0.15, 0.2) is 5.16 Å². The topological polar surface area (TPSA) is 66.0 Å². The van der Waals surface area contributed by atoms with E-state index in [1.165, 1.54) is 0 Å². The van der Waals surface area contributed by atoms with Gasteiger partial charge in [0.2, 0.25) is 0 Å². The van der Waals surface area contributed by atoms with E-state index in [2.05, 4.69) is 21.7 Å². The first-order valence-corrected chi connectivity index (χ1v) is 8.18. The Morgan fingerprint density at radius 1 is 1.29 bits per heavy atom. The number of hydrogen-bond donors (Lipinski definition) is 1. The molecule has 0 spiro atoms. The standard InChI is InChI=1S/C15H22N4OS/c1-3-8-19-14(11-16)17-18-15(19)21-10-9-20-13-7-5-4-6-12(13)2/h4-7H,3,8-11,16H2,1-2H3. The summed E-state index contributed by atoms with van der Waals surface area (Å²) in [6.45, 7) is 6.16. The van der Waals surface area contributed by atoms with Crippen LogP contribution in [0.15, 0.2) is 29.4 Å². The van der Waals surface area contributed by atoms with Crippen molar-refractivity contribution in [1.82, 2.24) is 14.8 Å². The first-order chi connectivity index (χ1) is 10.3. The summed E-state index contributed by atoms with van der Waals surface area (Å²) in [6, 6.07) is 8.04. The van der Waals surface area contributed by atoms with Gasteiger partial charge in [0.05, 0.1) is 13.2 Å². The van der Waals surface area contributed by atoms with Gasteiger partial charge in [-0.15, -0.1) is 10.2 Å². The second kappa shape index (κ2) is 8.05. The summed E-state index contributed by atoms with van der Waals surface area (Å²) in [5.74, 6) is 2.62. The van der Waals surface area contributed by atoms with Gasteiger partial charge in [-0.25, -0.2) is 0 Å². The lowest BCUT2D eigenvalue weighted by atomic mass is 10.2. The highest BCUT2D eigenvalue weighted by atomic mass is 32.2. The van der Waals surface area contributed by atoms with Crippen molar-refractivity contribution in [3.8, 4) is 5.75 Å². The maximum absolute atomic E-state index is 5.79. The predicted molar refractivity (Wildman–Crippen MR) is 85.6 cm³/mol. The Kier molecular flexibility index (Phi) is 6.07. The Bertz CT molecular complexity index is 571. The van der Waals surface area contributed by atoms with Crippen molar-refractivity contribution >= 4 is 11.8 Å². The lowest BCUT2D eigenvalue weighted by Gasteiger charge is -2.09. The highest BCUT2D eigenvalue weighted by Crippen LogP contribution is 2.19. The normalized spacial score (nSPS) is 10.8. The van der Waals surface area contributed by atoms with E-state index in [0.717, 1.165) is 41.0 Å². The number of hydrogen-bond acceptors (Lipinski definition) is 5. The van der Waals surface area contributed by atoms with Crippen molar-refractivity contribution in [2.75, 3.05) is 12.4 Å². The minimum Gasteiger partial charge on any atom is -0.492 e. The molecule has 0 radical (unpaired) electrons. The smallest absolute Gasteiger partial charge is 0.191 e. The van der Waals surface area contributed by atoms with Crippen LogP contribution in [-0.2, 0) is 13.1 Å². The van der Waals surface area contributed by atoms with Gasteiger partial charge in [-0.2, -0.15) is 0 Å². The number of rotatable bonds is 8. The van der Waals surface area contributed by atoms with E-state index >= 15 is 0 Å². The number of nitrogens with two attached hydrogens (primary N) is 1. The molecule has 6 heteroatoms. The van der Waals surface area contributed by atoms with Gasteiger partial charge in [-0.3, -0.25) is 0 Å². The van der Waals surface area contributed by atoms with Crippen LogP contribution in [0.4, 0.5) is 0 Å². The van der Waals surface area contributed by atoms with E-state index in [-0.39, 0.29) is 0 Å². The number of thioether (sulfide) groups is 1. The third kappa shape index (κ3) is 4.22. The summed E-state index contributed by atoms with van der Waals surface area (Å²) in [4.78, 5) is 0. The van der Waals surface area contributed by atoms with Gasteiger partial charge in [-0.05, 0) is 25.0 Å². The van der Waals surface area contributed by atoms with E-state index in [0.29, 0.717) is 13.2 Å². The highest BCUT2D eigenvalue weighted by Gasteiger charge is 2.10. The van der Waals surface area contributed by atoms with Crippen LogP contribution < -0.4 is 10.5 Å². The first kappa shape index (κ1) is 15.9. The van der Waals surface area contributed by atoms with E-state index in [1.807, 2.05) is 31.2 Å². The minimum atomic E-state index is 0.424. The number of benzene rings is 1. The number of ether oxygens (including phenoxy) is 1. The maximum Gasteiger partial charge on any atom is 0.191 e. The molecule has 2 rings (SSSR count). The van der Waals surface area contributed by atoms with Crippen molar-refractivity contribution in [3.63, 3.8) is 0 Å². The molecule has 0 bridgehead atoms. The summed E-state index contributed by atoms with van der Waals surface area (Å²) >= 11 is 1.66. The quantitative estimate of drug-likeness (QED) is 0.600. The zero-order valence-electron chi connectivity index (χ0n) is 12.6. The molecule has 0 aliphatic rings. The summed E-state index contributed by atoms with van der Waals surface area (Å²) in [7, 11) is 0. The summed E-state index contributed by atoms with van der Waals surface area (Å²) in [6.07, 6.45) is 1.04. The number of aromatic nitrogens is 3. The van der Waals surface area contributed by atoms with Gasteiger partial charge in [0, 0.05) is 12.3 Å². The molecule has 0 atom stereocenters. The van der Waals surface area contributed by atoms with Gasteiger partial charge >= 0.3 is 0 Å². The van der Waals surface area contributed by atoms with Crippen LogP contribution in [0.2, 0.25) is 0 Å². The number of para-hydroxylation sites is 1. The van der Waals surface area contributed by atoms with Crippen LogP contribution in [0.25, 0.3) is 0 Å². The second-order valence-electron chi connectivity index (χ2n) is 4.72. The molecule has 0 fully saturated rings. The van der Waals surface area contributed by atoms with Gasteiger partial charge in [0.1, 0.15) is 11.6 Å². The molecule has 114 valence electrons. The largest absolute Gasteiger partial charge is 0.492 e. The van der Waals surface area contributed by atoms with Crippen LogP contribution in [0, 0.1) is 6.92 Å². The molecule has 0 aliphatic carbocycles. The average molecular weight is 306 g/mol. The van der Waals surface area contributed by atoms with Crippen LogP contribution in [-0.4, -0.2) is 27.1 Å². The number of nitrogens with zero attached hydrogens (tertiary/aromatic N) is 3. The van der Waals surface area contributed by atoms with Crippen LogP contribution in [0.3, 0.4) is 0 Å². The Balaban J connectivity index is 1.86. The van der Waals surface area contributed by atoms with Crippen molar-refractivity contribution in [3.05, 3.63) is 35.7 Å².